The van der Waals surface area contributed by atoms with Crippen molar-refractivity contribution >= 4 is 40.8 Å². The molecule has 0 radical (unpaired) electrons. The van der Waals surface area contributed by atoms with Gasteiger partial charge in [0.25, 0.3) is 5.91 Å². The van der Waals surface area contributed by atoms with Crippen molar-refractivity contribution in [1.82, 2.24) is 25.1 Å². The molecule has 0 spiro atoms. The first kappa shape index (κ1) is 28.6. The molecule has 1 aliphatic carbocycles. The molecule has 2 N–H and O–H groups in total. The third-order valence-electron chi connectivity index (χ3n) is 6.85. The number of nitrogens with one attached hydrogen (secondary N) is 1. The fourth-order valence-corrected chi connectivity index (χ4v) is 5.47. The van der Waals surface area contributed by atoms with Crippen molar-refractivity contribution in [3.8, 4) is 0 Å². The summed E-state index contributed by atoms with van der Waals surface area (Å²) in [5.74, 6) is -3.53. The fraction of sp³-hybridized carbons (Fsp3) is 0.346. The lowest BCUT2D eigenvalue weighted by atomic mass is 9.85. The van der Waals surface area contributed by atoms with E-state index >= 15 is 0 Å². The monoisotopic (exact) mass is 579 g/mol. The van der Waals surface area contributed by atoms with Crippen molar-refractivity contribution in [2.24, 2.45) is 5.92 Å². The van der Waals surface area contributed by atoms with Gasteiger partial charge in [-0.05, 0) is 50.3 Å². The summed E-state index contributed by atoms with van der Waals surface area (Å²) in [5.41, 5.74) is 2.56. The lowest BCUT2D eigenvalue weighted by Gasteiger charge is -2.28. The van der Waals surface area contributed by atoms with Crippen LogP contribution < -0.4 is 5.48 Å². The summed E-state index contributed by atoms with van der Waals surface area (Å²) in [7, 11) is 0. The Hall–Kier alpha value is -3.41. The second-order valence-electron chi connectivity index (χ2n) is 9.41. The SMILES string of the molecule is Cc1c(C(=O)N(CC(=O)c2c(Cl)cncc2Cl)Cc2cc(F)cc(F)c2)cnn1[C@H]1CC[C@H](C(=O)NO)CC1. The first-order valence-electron chi connectivity index (χ1n) is 12.1. The van der Waals surface area contributed by atoms with Crippen molar-refractivity contribution in [3.63, 3.8) is 0 Å². The van der Waals surface area contributed by atoms with Crippen LogP contribution in [0.4, 0.5) is 8.78 Å². The van der Waals surface area contributed by atoms with E-state index in [1.165, 1.54) is 18.6 Å². The van der Waals surface area contributed by atoms with Gasteiger partial charge in [0.1, 0.15) is 11.6 Å². The number of hydroxylamine groups is 1. The van der Waals surface area contributed by atoms with E-state index in [4.69, 9.17) is 28.4 Å². The average Bonchev–Trinajstić information content (AvgIpc) is 3.28. The summed E-state index contributed by atoms with van der Waals surface area (Å²) in [6.07, 6.45) is 6.19. The van der Waals surface area contributed by atoms with E-state index < -0.39 is 35.8 Å². The maximum Gasteiger partial charge on any atom is 0.258 e. The van der Waals surface area contributed by atoms with Crippen molar-refractivity contribution in [1.29, 1.82) is 0 Å². The number of halogens is 4. The van der Waals surface area contributed by atoms with Crippen LogP contribution in [0.3, 0.4) is 0 Å². The molecule has 3 aromatic rings. The molecular formula is C26H25Cl2F2N5O4. The molecule has 2 amide bonds. The molecule has 13 heteroatoms. The third-order valence-corrected chi connectivity index (χ3v) is 7.42. The highest BCUT2D eigenvalue weighted by molar-refractivity contribution is 6.39. The molecule has 1 fully saturated rings. The molecule has 0 unspecified atom stereocenters. The molecule has 0 atom stereocenters. The Kier molecular flexibility index (Phi) is 8.94. The van der Waals surface area contributed by atoms with Crippen molar-refractivity contribution in [2.45, 2.75) is 45.2 Å². The van der Waals surface area contributed by atoms with E-state index in [-0.39, 0.29) is 45.2 Å². The maximum atomic E-state index is 13.9. The molecule has 39 heavy (non-hydrogen) atoms. The van der Waals surface area contributed by atoms with Gasteiger partial charge in [-0.3, -0.25) is 29.3 Å². The Morgan fingerprint density at radius 1 is 1.05 bits per heavy atom. The highest BCUT2D eigenvalue weighted by atomic mass is 35.5. The van der Waals surface area contributed by atoms with E-state index in [9.17, 15) is 23.2 Å². The normalized spacial score (nSPS) is 17.1. The lowest BCUT2D eigenvalue weighted by Crippen LogP contribution is -2.36. The molecule has 9 nitrogen and oxygen atoms in total. The quantitative estimate of drug-likeness (QED) is 0.222. The van der Waals surface area contributed by atoms with Crippen molar-refractivity contribution in [3.05, 3.63) is 80.9 Å². The van der Waals surface area contributed by atoms with Gasteiger partial charge in [0.05, 0.1) is 40.0 Å². The molecule has 2 aromatic heterocycles. The topological polar surface area (TPSA) is 117 Å². The minimum Gasteiger partial charge on any atom is -0.326 e. The fourth-order valence-electron chi connectivity index (χ4n) is 4.90. The molecule has 1 saturated carbocycles. The molecule has 0 aliphatic heterocycles. The van der Waals surface area contributed by atoms with Gasteiger partial charge in [0, 0.05) is 36.6 Å². The largest absolute Gasteiger partial charge is 0.326 e. The first-order valence-corrected chi connectivity index (χ1v) is 12.9. The van der Waals surface area contributed by atoms with Crippen LogP contribution in [-0.4, -0.2) is 49.0 Å². The Balaban J connectivity index is 1.61. The van der Waals surface area contributed by atoms with E-state index in [0.717, 1.165) is 17.0 Å². The Labute approximate surface area is 232 Å². The van der Waals surface area contributed by atoms with Crippen molar-refractivity contribution in [2.75, 3.05) is 6.54 Å². The molecule has 4 rings (SSSR count). The number of benzene rings is 1. The number of aromatic nitrogens is 3. The predicted molar refractivity (Wildman–Crippen MR) is 138 cm³/mol. The summed E-state index contributed by atoms with van der Waals surface area (Å²) in [6, 6.07) is 2.80. The van der Waals surface area contributed by atoms with Crippen LogP contribution in [0.1, 0.15) is 63.7 Å². The number of hydrogen-bond donors (Lipinski definition) is 2. The minimum absolute atomic E-state index is 0.00572. The van der Waals surface area contributed by atoms with Gasteiger partial charge in [-0.2, -0.15) is 5.10 Å². The first-order chi connectivity index (χ1) is 18.6. The number of hydrogen-bond acceptors (Lipinski definition) is 6. The van der Waals surface area contributed by atoms with E-state index in [1.807, 2.05) is 0 Å². The van der Waals surface area contributed by atoms with E-state index in [2.05, 4.69) is 10.1 Å². The number of pyridine rings is 1. The summed E-state index contributed by atoms with van der Waals surface area (Å²) < 4.78 is 29.5. The number of ketones is 1. The average molecular weight is 580 g/mol. The van der Waals surface area contributed by atoms with Gasteiger partial charge < -0.3 is 4.90 Å². The summed E-state index contributed by atoms with van der Waals surface area (Å²) in [4.78, 5) is 43.6. The van der Waals surface area contributed by atoms with Crippen LogP contribution in [-0.2, 0) is 11.3 Å². The number of nitrogens with zero attached hydrogens (tertiary/aromatic N) is 4. The molecule has 2 heterocycles. The van der Waals surface area contributed by atoms with Crippen LogP contribution >= 0.6 is 23.2 Å². The van der Waals surface area contributed by atoms with Crippen molar-refractivity contribution < 1.29 is 28.4 Å². The molecule has 1 aliphatic rings. The van der Waals surface area contributed by atoms with Gasteiger partial charge in [-0.1, -0.05) is 23.2 Å². The zero-order chi connectivity index (χ0) is 28.3. The smallest absolute Gasteiger partial charge is 0.258 e. The van der Waals surface area contributed by atoms with Gasteiger partial charge >= 0.3 is 0 Å². The lowest BCUT2D eigenvalue weighted by molar-refractivity contribution is -0.134. The number of rotatable bonds is 8. The highest BCUT2D eigenvalue weighted by Crippen LogP contribution is 2.33. The highest BCUT2D eigenvalue weighted by Gasteiger charge is 2.31. The standard InChI is InChI=1S/C26H25Cl2F2N5O4/c1-14-20(9-32-35(14)19-4-2-16(3-5-19)25(37)33-39)26(38)34(12-15-6-17(29)8-18(30)7-15)13-23(36)24-21(27)10-31-11-22(24)28/h6-11,16,19,39H,2-5,12-13H2,1H3,(H,33,37)/t16-,19-. The number of carbonyl (C=O) groups is 3. The zero-order valence-electron chi connectivity index (χ0n) is 20.8. The summed E-state index contributed by atoms with van der Waals surface area (Å²) in [5, 5.41) is 13.3. The van der Waals surface area contributed by atoms with Crippen LogP contribution in [0, 0.1) is 24.5 Å². The van der Waals surface area contributed by atoms with Crippen LogP contribution in [0.15, 0.2) is 36.8 Å². The Bertz CT molecular complexity index is 1370. The minimum atomic E-state index is -0.821. The second-order valence-corrected chi connectivity index (χ2v) is 10.2. The van der Waals surface area contributed by atoms with Crippen LogP contribution in [0.5, 0.6) is 0 Å². The zero-order valence-corrected chi connectivity index (χ0v) is 22.3. The van der Waals surface area contributed by atoms with Crippen LogP contribution in [0.25, 0.3) is 0 Å². The number of Topliss-reactive ketones (excluding diaryl/α,β-unsaturated/α-hetero) is 1. The van der Waals surface area contributed by atoms with Gasteiger partial charge in [0.2, 0.25) is 5.91 Å². The molecule has 206 valence electrons. The van der Waals surface area contributed by atoms with Crippen LogP contribution in [0.2, 0.25) is 10.0 Å². The molecular weight excluding hydrogens is 555 g/mol. The predicted octanol–water partition coefficient (Wildman–Crippen LogP) is 4.93. The Morgan fingerprint density at radius 3 is 2.26 bits per heavy atom. The van der Waals surface area contributed by atoms with Gasteiger partial charge in [-0.25, -0.2) is 14.3 Å². The third kappa shape index (κ3) is 6.43. The molecule has 0 saturated heterocycles. The van der Waals surface area contributed by atoms with Gasteiger partial charge in [0.15, 0.2) is 5.78 Å². The maximum absolute atomic E-state index is 13.9. The second kappa shape index (κ2) is 12.2. The molecule has 1 aromatic carbocycles. The Morgan fingerprint density at radius 2 is 1.67 bits per heavy atom. The summed E-state index contributed by atoms with van der Waals surface area (Å²) >= 11 is 12.3. The van der Waals surface area contributed by atoms with E-state index in [1.54, 1.807) is 17.1 Å². The van der Waals surface area contributed by atoms with E-state index in [0.29, 0.717) is 37.4 Å². The number of amides is 2. The summed E-state index contributed by atoms with van der Waals surface area (Å²) in [6.45, 7) is 0.962. The number of carbonyl (C=O) groups excluding carboxylic acids is 3. The molecule has 0 bridgehead atoms. The van der Waals surface area contributed by atoms with Gasteiger partial charge in [-0.15, -0.1) is 0 Å².